The second-order valence-corrected chi connectivity index (χ2v) is 7.57. The SMILES string of the molecule is c1ccc(OCCSc2nnc(N3CCCCC3)n2Cc2ccco2)cc1. The predicted molar refractivity (Wildman–Crippen MR) is 107 cm³/mol. The largest absolute Gasteiger partial charge is 0.493 e. The number of piperidine rings is 1. The third-order valence-corrected chi connectivity index (χ3v) is 5.49. The first-order valence-corrected chi connectivity index (χ1v) is 10.4. The van der Waals surface area contributed by atoms with Gasteiger partial charge >= 0.3 is 0 Å². The Balaban J connectivity index is 1.43. The second-order valence-electron chi connectivity index (χ2n) is 6.51. The van der Waals surface area contributed by atoms with E-state index < -0.39 is 0 Å². The fourth-order valence-electron chi connectivity index (χ4n) is 3.22. The average Bonchev–Trinajstić information content (AvgIpc) is 3.37. The van der Waals surface area contributed by atoms with Gasteiger partial charge in [0, 0.05) is 18.8 Å². The van der Waals surface area contributed by atoms with Crippen LogP contribution in [0.2, 0.25) is 0 Å². The number of hydrogen-bond acceptors (Lipinski definition) is 6. The maximum atomic E-state index is 5.79. The lowest BCUT2D eigenvalue weighted by Gasteiger charge is -2.27. The molecular weight excluding hydrogens is 360 g/mol. The normalized spacial score (nSPS) is 14.4. The van der Waals surface area contributed by atoms with Crippen molar-refractivity contribution in [3.63, 3.8) is 0 Å². The van der Waals surface area contributed by atoms with Crippen LogP contribution in [0.3, 0.4) is 0 Å². The van der Waals surface area contributed by atoms with Crippen molar-refractivity contribution in [2.24, 2.45) is 0 Å². The Morgan fingerprint density at radius 2 is 1.85 bits per heavy atom. The molecule has 1 saturated heterocycles. The van der Waals surface area contributed by atoms with Crippen molar-refractivity contribution in [3.05, 3.63) is 54.5 Å². The molecule has 27 heavy (non-hydrogen) atoms. The van der Waals surface area contributed by atoms with Crippen molar-refractivity contribution >= 4 is 17.7 Å². The van der Waals surface area contributed by atoms with Gasteiger partial charge < -0.3 is 14.1 Å². The van der Waals surface area contributed by atoms with Gasteiger partial charge in [-0.1, -0.05) is 30.0 Å². The molecule has 0 saturated carbocycles. The number of nitrogens with zero attached hydrogens (tertiary/aromatic N) is 4. The number of benzene rings is 1. The zero-order chi connectivity index (χ0) is 18.3. The van der Waals surface area contributed by atoms with E-state index in [2.05, 4.69) is 19.7 Å². The Kier molecular flexibility index (Phi) is 5.99. The molecule has 0 unspecified atom stereocenters. The number of ether oxygens (including phenoxy) is 1. The maximum Gasteiger partial charge on any atom is 0.228 e. The molecule has 1 aliphatic rings. The standard InChI is InChI=1S/C20H24N4O2S/c1-3-8-17(9-4-1)26-14-15-27-20-22-21-19(23-11-5-2-6-12-23)24(20)16-18-10-7-13-25-18/h1,3-4,7-10,13H,2,5-6,11-12,14-16H2. The van der Waals surface area contributed by atoms with Crippen LogP contribution in [0, 0.1) is 0 Å². The molecule has 7 heteroatoms. The summed E-state index contributed by atoms with van der Waals surface area (Å²) in [4.78, 5) is 2.34. The molecule has 0 spiro atoms. The third-order valence-electron chi connectivity index (χ3n) is 4.56. The third kappa shape index (κ3) is 4.66. The van der Waals surface area contributed by atoms with Gasteiger partial charge in [-0.15, -0.1) is 10.2 Å². The minimum absolute atomic E-state index is 0.626. The smallest absolute Gasteiger partial charge is 0.228 e. The highest BCUT2D eigenvalue weighted by Crippen LogP contribution is 2.25. The Hall–Kier alpha value is -2.41. The molecule has 1 aliphatic heterocycles. The van der Waals surface area contributed by atoms with E-state index in [1.807, 2.05) is 42.5 Å². The van der Waals surface area contributed by atoms with Crippen LogP contribution in [-0.4, -0.2) is 40.2 Å². The zero-order valence-corrected chi connectivity index (χ0v) is 16.1. The lowest BCUT2D eigenvalue weighted by Crippen LogP contribution is -2.32. The highest BCUT2D eigenvalue weighted by atomic mass is 32.2. The summed E-state index contributed by atoms with van der Waals surface area (Å²) in [6, 6.07) is 13.8. The van der Waals surface area contributed by atoms with E-state index in [1.54, 1.807) is 18.0 Å². The fraction of sp³-hybridized carbons (Fsp3) is 0.400. The van der Waals surface area contributed by atoms with Crippen LogP contribution < -0.4 is 9.64 Å². The summed E-state index contributed by atoms with van der Waals surface area (Å²) in [5.74, 6) is 3.56. The summed E-state index contributed by atoms with van der Waals surface area (Å²) >= 11 is 1.67. The van der Waals surface area contributed by atoms with Crippen LogP contribution in [0.5, 0.6) is 5.75 Å². The Labute approximate surface area is 163 Å². The first-order valence-electron chi connectivity index (χ1n) is 9.41. The number of hydrogen-bond donors (Lipinski definition) is 0. The summed E-state index contributed by atoms with van der Waals surface area (Å²) in [5.41, 5.74) is 0. The molecule has 142 valence electrons. The van der Waals surface area contributed by atoms with E-state index >= 15 is 0 Å². The van der Waals surface area contributed by atoms with Crippen LogP contribution in [-0.2, 0) is 6.54 Å². The van der Waals surface area contributed by atoms with E-state index in [0.717, 1.165) is 41.5 Å². The fourth-order valence-corrected chi connectivity index (χ4v) is 3.97. The summed E-state index contributed by atoms with van der Waals surface area (Å²) in [6.07, 6.45) is 5.42. The molecule has 1 aromatic carbocycles. The lowest BCUT2D eigenvalue weighted by atomic mass is 10.1. The number of aromatic nitrogens is 3. The van der Waals surface area contributed by atoms with Crippen LogP contribution >= 0.6 is 11.8 Å². The van der Waals surface area contributed by atoms with E-state index in [1.165, 1.54) is 19.3 Å². The first-order chi connectivity index (χ1) is 13.4. The van der Waals surface area contributed by atoms with Gasteiger partial charge in [0.25, 0.3) is 0 Å². The summed E-state index contributed by atoms with van der Waals surface area (Å²) in [6.45, 7) is 3.35. The van der Waals surface area contributed by atoms with Crippen molar-refractivity contribution in [1.82, 2.24) is 14.8 Å². The number of para-hydroxylation sites is 1. The molecule has 3 heterocycles. The van der Waals surface area contributed by atoms with Gasteiger partial charge in [-0.2, -0.15) is 0 Å². The number of thioether (sulfide) groups is 1. The van der Waals surface area contributed by atoms with E-state index in [9.17, 15) is 0 Å². The van der Waals surface area contributed by atoms with Gasteiger partial charge in [0.15, 0.2) is 5.16 Å². The Morgan fingerprint density at radius 3 is 2.63 bits per heavy atom. The van der Waals surface area contributed by atoms with Crippen molar-refractivity contribution in [2.75, 3.05) is 30.3 Å². The molecule has 0 amide bonds. The Bertz CT molecular complexity index is 814. The van der Waals surface area contributed by atoms with Gasteiger partial charge in [0.2, 0.25) is 5.95 Å². The van der Waals surface area contributed by atoms with Crippen molar-refractivity contribution < 1.29 is 9.15 Å². The molecular formula is C20H24N4O2S. The van der Waals surface area contributed by atoms with Crippen molar-refractivity contribution in [2.45, 2.75) is 31.0 Å². The van der Waals surface area contributed by atoms with Crippen molar-refractivity contribution in [3.8, 4) is 5.75 Å². The molecule has 6 nitrogen and oxygen atoms in total. The number of anilines is 1. The molecule has 0 N–H and O–H groups in total. The summed E-state index contributed by atoms with van der Waals surface area (Å²) in [7, 11) is 0. The summed E-state index contributed by atoms with van der Waals surface area (Å²) < 4.78 is 13.5. The van der Waals surface area contributed by atoms with Crippen molar-refractivity contribution in [1.29, 1.82) is 0 Å². The minimum Gasteiger partial charge on any atom is -0.493 e. The Morgan fingerprint density at radius 1 is 1.00 bits per heavy atom. The molecule has 1 fully saturated rings. The van der Waals surface area contributed by atoms with Crippen LogP contribution in [0.15, 0.2) is 58.3 Å². The minimum atomic E-state index is 0.626. The van der Waals surface area contributed by atoms with E-state index in [-0.39, 0.29) is 0 Å². The number of furan rings is 1. The predicted octanol–water partition coefficient (Wildman–Crippen LogP) is 4.08. The molecule has 0 bridgehead atoms. The molecule has 2 aromatic heterocycles. The molecule has 0 aliphatic carbocycles. The number of rotatable bonds is 8. The lowest BCUT2D eigenvalue weighted by molar-refractivity contribution is 0.344. The molecule has 4 rings (SSSR count). The molecule has 3 aromatic rings. The highest BCUT2D eigenvalue weighted by molar-refractivity contribution is 7.99. The maximum absolute atomic E-state index is 5.79. The first kappa shape index (κ1) is 18.0. The van der Waals surface area contributed by atoms with Crippen LogP contribution in [0.1, 0.15) is 25.0 Å². The average molecular weight is 385 g/mol. The molecule has 0 atom stereocenters. The molecule has 0 radical (unpaired) electrons. The van der Waals surface area contributed by atoms with E-state index in [0.29, 0.717) is 13.2 Å². The van der Waals surface area contributed by atoms with Gasteiger partial charge in [-0.05, 0) is 43.5 Å². The van der Waals surface area contributed by atoms with Crippen LogP contribution in [0.25, 0.3) is 0 Å². The monoisotopic (exact) mass is 384 g/mol. The second kappa shape index (κ2) is 8.99. The topological polar surface area (TPSA) is 56.3 Å². The quantitative estimate of drug-likeness (QED) is 0.431. The zero-order valence-electron chi connectivity index (χ0n) is 15.3. The van der Waals surface area contributed by atoms with E-state index in [4.69, 9.17) is 9.15 Å². The van der Waals surface area contributed by atoms with Gasteiger partial charge in [-0.25, -0.2) is 0 Å². The van der Waals surface area contributed by atoms with Gasteiger partial charge in [-0.3, -0.25) is 4.57 Å². The van der Waals surface area contributed by atoms with Gasteiger partial charge in [0.05, 0.1) is 19.4 Å². The summed E-state index contributed by atoms with van der Waals surface area (Å²) in [5, 5.41) is 9.85. The highest BCUT2D eigenvalue weighted by Gasteiger charge is 2.21. The van der Waals surface area contributed by atoms with Gasteiger partial charge in [0.1, 0.15) is 11.5 Å². The van der Waals surface area contributed by atoms with Crippen LogP contribution in [0.4, 0.5) is 5.95 Å².